The van der Waals surface area contributed by atoms with E-state index in [1.807, 2.05) is 33.8 Å². The first-order valence-corrected chi connectivity index (χ1v) is 9.82. The number of ether oxygens (including phenoxy) is 1. The fraction of sp³-hybridized carbons (Fsp3) is 0.652. The molecule has 3 heteroatoms. The molecule has 2 aliphatic rings. The molecule has 3 rings (SSSR count). The number of rotatable bonds is 3. The van der Waals surface area contributed by atoms with E-state index in [9.17, 15) is 10.2 Å². The first-order valence-electron chi connectivity index (χ1n) is 9.82. The lowest BCUT2D eigenvalue weighted by Gasteiger charge is -2.42. The molecule has 1 aliphatic carbocycles. The van der Waals surface area contributed by atoms with Crippen molar-refractivity contribution in [1.82, 2.24) is 0 Å². The Labute approximate surface area is 158 Å². The molecular weight excluding hydrogens is 324 g/mol. The second-order valence-corrected chi connectivity index (χ2v) is 8.20. The molecule has 1 heterocycles. The Balaban J connectivity index is 0.000000552. The average Bonchev–Trinajstić information content (AvgIpc) is 2.95. The van der Waals surface area contributed by atoms with Crippen molar-refractivity contribution in [2.24, 2.45) is 11.8 Å². The molecule has 1 aromatic carbocycles. The topological polar surface area (TPSA) is 49.7 Å². The normalized spacial score (nSPS) is 26.4. The zero-order valence-corrected chi connectivity index (χ0v) is 17.1. The second kappa shape index (κ2) is 8.35. The van der Waals surface area contributed by atoms with Gasteiger partial charge in [0.25, 0.3) is 0 Å². The second-order valence-electron chi connectivity index (χ2n) is 8.20. The molecule has 0 amide bonds. The van der Waals surface area contributed by atoms with Crippen molar-refractivity contribution in [3.8, 4) is 23.3 Å². The van der Waals surface area contributed by atoms with Gasteiger partial charge in [0, 0.05) is 11.5 Å². The Morgan fingerprint density at radius 2 is 1.85 bits per heavy atom. The van der Waals surface area contributed by atoms with Crippen molar-refractivity contribution < 1.29 is 14.9 Å². The number of aromatic hydroxyl groups is 1. The summed E-state index contributed by atoms with van der Waals surface area (Å²) in [6.07, 6.45) is 4.11. The van der Waals surface area contributed by atoms with E-state index in [0.29, 0.717) is 11.7 Å². The van der Waals surface area contributed by atoms with Crippen molar-refractivity contribution in [2.75, 3.05) is 0 Å². The van der Waals surface area contributed by atoms with Crippen molar-refractivity contribution in [3.63, 3.8) is 0 Å². The summed E-state index contributed by atoms with van der Waals surface area (Å²) >= 11 is 0. The molecule has 1 aliphatic heterocycles. The van der Waals surface area contributed by atoms with Crippen LogP contribution in [0.15, 0.2) is 12.1 Å². The Morgan fingerprint density at radius 3 is 2.38 bits per heavy atom. The van der Waals surface area contributed by atoms with Gasteiger partial charge >= 0.3 is 0 Å². The van der Waals surface area contributed by atoms with E-state index in [1.165, 1.54) is 0 Å². The molecule has 4 unspecified atom stereocenters. The minimum Gasteiger partial charge on any atom is -0.508 e. The first-order chi connectivity index (χ1) is 12.2. The van der Waals surface area contributed by atoms with Gasteiger partial charge in [-0.15, -0.1) is 11.8 Å². The minimum absolute atomic E-state index is 0.0722. The van der Waals surface area contributed by atoms with Crippen molar-refractivity contribution >= 4 is 0 Å². The number of fused-ring (bicyclic) bond motifs is 3. The van der Waals surface area contributed by atoms with E-state index in [1.54, 1.807) is 0 Å². The van der Waals surface area contributed by atoms with Crippen LogP contribution in [-0.2, 0) is 6.42 Å². The highest BCUT2D eigenvalue weighted by molar-refractivity contribution is 5.53. The Morgan fingerprint density at radius 1 is 1.19 bits per heavy atom. The maximum atomic E-state index is 10.6. The fourth-order valence-electron chi connectivity index (χ4n) is 4.40. The van der Waals surface area contributed by atoms with Crippen LogP contribution in [0.1, 0.15) is 77.8 Å². The molecule has 1 fully saturated rings. The van der Waals surface area contributed by atoms with Crippen molar-refractivity contribution in [3.05, 3.63) is 23.3 Å². The third-order valence-corrected chi connectivity index (χ3v) is 5.75. The van der Waals surface area contributed by atoms with Crippen LogP contribution in [0.2, 0.25) is 0 Å². The summed E-state index contributed by atoms with van der Waals surface area (Å²) in [5.41, 5.74) is 1.29. The van der Waals surface area contributed by atoms with Gasteiger partial charge in [-0.05, 0) is 76.5 Å². The largest absolute Gasteiger partial charge is 0.508 e. The quantitative estimate of drug-likeness (QED) is 0.745. The molecule has 1 aromatic rings. The molecule has 0 radical (unpaired) electrons. The van der Waals surface area contributed by atoms with E-state index in [2.05, 4.69) is 31.8 Å². The molecule has 3 nitrogen and oxygen atoms in total. The van der Waals surface area contributed by atoms with Crippen LogP contribution in [0.3, 0.4) is 0 Å². The number of phenolic OH excluding ortho intramolecular Hbond substituents is 1. The van der Waals surface area contributed by atoms with Gasteiger partial charge in [-0.1, -0.05) is 20.3 Å². The Bertz CT molecular complexity index is 669. The summed E-state index contributed by atoms with van der Waals surface area (Å²) in [5.74, 6) is 7.20. The van der Waals surface area contributed by atoms with Crippen LogP contribution in [-0.4, -0.2) is 21.9 Å². The summed E-state index contributed by atoms with van der Waals surface area (Å²) in [7, 11) is 0. The van der Waals surface area contributed by atoms with E-state index in [-0.39, 0.29) is 17.9 Å². The number of aliphatic hydroxyl groups is 1. The molecule has 2 N–H and O–H groups in total. The minimum atomic E-state index is -0.761. The maximum Gasteiger partial charge on any atom is 0.127 e. The average molecular weight is 359 g/mol. The molecule has 26 heavy (non-hydrogen) atoms. The monoisotopic (exact) mass is 358 g/mol. The number of aryl methyl sites for hydroxylation is 1. The smallest absolute Gasteiger partial charge is 0.127 e. The third-order valence-electron chi connectivity index (χ3n) is 5.75. The van der Waals surface area contributed by atoms with Gasteiger partial charge < -0.3 is 14.9 Å². The van der Waals surface area contributed by atoms with Crippen LogP contribution in [0, 0.1) is 23.7 Å². The van der Waals surface area contributed by atoms with Gasteiger partial charge in [0.15, 0.2) is 0 Å². The van der Waals surface area contributed by atoms with Crippen molar-refractivity contribution in [2.45, 2.75) is 84.8 Å². The Kier molecular flexibility index (Phi) is 6.64. The van der Waals surface area contributed by atoms with Gasteiger partial charge in [-0.3, -0.25) is 0 Å². The molecule has 0 saturated heterocycles. The zero-order valence-electron chi connectivity index (χ0n) is 17.1. The van der Waals surface area contributed by atoms with Crippen LogP contribution >= 0.6 is 0 Å². The highest BCUT2D eigenvalue weighted by atomic mass is 16.5. The number of hydrogen-bond acceptors (Lipinski definition) is 3. The molecule has 0 spiro atoms. The van der Waals surface area contributed by atoms with Gasteiger partial charge in [-0.2, -0.15) is 0 Å². The molecule has 4 atom stereocenters. The molecule has 0 bridgehead atoms. The summed E-state index contributed by atoms with van der Waals surface area (Å²) in [6.45, 7) is 11.8. The Hall–Kier alpha value is -1.66. The summed E-state index contributed by atoms with van der Waals surface area (Å²) < 4.78 is 6.25. The number of benzene rings is 1. The molecule has 0 aromatic heterocycles. The first kappa shape index (κ1) is 20.6. The molecule has 1 saturated carbocycles. The number of phenols is 1. The third kappa shape index (κ3) is 4.18. The lowest BCUT2D eigenvalue weighted by Crippen LogP contribution is -2.45. The van der Waals surface area contributed by atoms with Crippen LogP contribution < -0.4 is 4.74 Å². The van der Waals surface area contributed by atoms with E-state index < -0.39 is 5.60 Å². The summed E-state index contributed by atoms with van der Waals surface area (Å²) in [4.78, 5) is 0. The summed E-state index contributed by atoms with van der Waals surface area (Å²) in [5, 5.41) is 21.2. The van der Waals surface area contributed by atoms with E-state index >= 15 is 0 Å². The van der Waals surface area contributed by atoms with Crippen LogP contribution in [0.5, 0.6) is 11.5 Å². The van der Waals surface area contributed by atoms with Gasteiger partial charge in [0.2, 0.25) is 0 Å². The molecule has 144 valence electrons. The summed E-state index contributed by atoms with van der Waals surface area (Å²) in [6, 6.07) is 3.97. The van der Waals surface area contributed by atoms with E-state index in [0.717, 1.165) is 42.6 Å². The van der Waals surface area contributed by atoms with Crippen molar-refractivity contribution in [1.29, 1.82) is 0 Å². The van der Waals surface area contributed by atoms with Gasteiger partial charge in [0.05, 0.1) is 5.60 Å². The fourth-order valence-corrected chi connectivity index (χ4v) is 4.40. The van der Waals surface area contributed by atoms with Crippen LogP contribution in [0.25, 0.3) is 0 Å². The lowest BCUT2D eigenvalue weighted by atomic mass is 9.65. The SMILES string of the molecule is CC#CC.CCCc1cc(O)c2c(c1)OC1C(C)CCC(C(C)(C)O)C21. The maximum absolute atomic E-state index is 10.6. The predicted octanol–water partition coefficient (Wildman–Crippen LogP) is 5.04. The highest BCUT2D eigenvalue weighted by Crippen LogP contribution is 2.55. The van der Waals surface area contributed by atoms with Gasteiger partial charge in [0.1, 0.15) is 17.6 Å². The lowest BCUT2D eigenvalue weighted by molar-refractivity contribution is -0.0432. The molecular formula is C23H34O3. The zero-order chi connectivity index (χ0) is 19.5. The highest BCUT2D eigenvalue weighted by Gasteiger charge is 2.51. The van der Waals surface area contributed by atoms with Gasteiger partial charge in [-0.25, -0.2) is 0 Å². The number of hydrogen-bond donors (Lipinski definition) is 2. The standard InChI is InChI=1S/C19H28O3.C4H6/c1-5-6-12-9-14(20)17-15(10-12)22-18-11(2)7-8-13(16(17)18)19(3,4)21;1-3-4-2/h9-11,13,16,18,20-21H,5-8H2,1-4H3;1-2H3. The van der Waals surface area contributed by atoms with Crippen LogP contribution in [0.4, 0.5) is 0 Å². The predicted molar refractivity (Wildman–Crippen MR) is 107 cm³/mol. The van der Waals surface area contributed by atoms with E-state index in [4.69, 9.17) is 4.74 Å².